The Hall–Kier alpha value is -8.23. The fourth-order valence-electron chi connectivity index (χ4n) is 11.3. The summed E-state index contributed by atoms with van der Waals surface area (Å²) >= 11 is 0. The first kappa shape index (κ1) is 53.6. The van der Waals surface area contributed by atoms with Crippen LogP contribution in [0.3, 0.4) is 0 Å². The van der Waals surface area contributed by atoms with Gasteiger partial charge in [-0.2, -0.15) is 0 Å². The van der Waals surface area contributed by atoms with E-state index in [1.165, 1.54) is 11.8 Å². The summed E-state index contributed by atoms with van der Waals surface area (Å²) in [5.41, 5.74) is 10.8. The minimum absolute atomic E-state index is 0.0122. The highest BCUT2D eigenvalue weighted by molar-refractivity contribution is 6.06. The van der Waals surface area contributed by atoms with E-state index in [2.05, 4.69) is 37.7 Å². The number of carbonyl (C=O) groups excluding carboxylic acids is 9. The molecule has 5 atom stereocenters. The monoisotopic (exact) mass is 1040 g/mol. The van der Waals surface area contributed by atoms with E-state index in [1.54, 1.807) is 41.3 Å². The van der Waals surface area contributed by atoms with Crippen molar-refractivity contribution in [3.8, 4) is 11.8 Å². The van der Waals surface area contributed by atoms with Crippen LogP contribution in [-0.4, -0.2) is 122 Å². The van der Waals surface area contributed by atoms with Gasteiger partial charge in [-0.05, 0) is 105 Å². The van der Waals surface area contributed by atoms with Crippen molar-refractivity contribution < 1.29 is 43.2 Å². The van der Waals surface area contributed by atoms with Crippen molar-refractivity contribution in [1.82, 2.24) is 35.6 Å². The predicted molar refractivity (Wildman–Crippen MR) is 287 cm³/mol. The Morgan fingerprint density at radius 2 is 1.56 bits per heavy atom. The van der Waals surface area contributed by atoms with Crippen molar-refractivity contribution in [1.29, 1.82) is 0 Å². The number of nitrogens with one attached hydrogen (secondary N) is 4. The van der Waals surface area contributed by atoms with Crippen LogP contribution in [0.2, 0.25) is 0 Å². The molecular formula is C60H64N8O9. The second-order valence-corrected chi connectivity index (χ2v) is 20.6. The van der Waals surface area contributed by atoms with Crippen molar-refractivity contribution in [3.63, 3.8) is 0 Å². The number of imide groups is 1. The highest BCUT2D eigenvalue weighted by Crippen LogP contribution is 2.33. The Kier molecular flexibility index (Phi) is 16.8. The first-order valence-electron chi connectivity index (χ1n) is 26.7. The molecule has 77 heavy (non-hydrogen) atoms. The van der Waals surface area contributed by atoms with Crippen LogP contribution in [0.15, 0.2) is 103 Å². The van der Waals surface area contributed by atoms with Crippen LogP contribution in [0.1, 0.15) is 143 Å². The molecule has 0 aliphatic carbocycles. The number of nitrogens with zero attached hydrogens (tertiary/aromatic N) is 3. The number of aromatic amines is 1. The maximum atomic E-state index is 14.9. The number of aromatic nitrogens is 1. The minimum Gasteiger partial charge on any atom is -0.370 e. The smallest absolute Gasteiger partial charge is 0.268 e. The van der Waals surface area contributed by atoms with E-state index in [0.29, 0.717) is 54.4 Å². The molecule has 17 heteroatoms. The molecule has 3 fully saturated rings. The van der Waals surface area contributed by atoms with Crippen LogP contribution < -0.4 is 21.7 Å². The highest BCUT2D eigenvalue weighted by atomic mass is 16.2. The van der Waals surface area contributed by atoms with Gasteiger partial charge in [0.1, 0.15) is 23.8 Å². The number of primary amides is 1. The number of amides is 7. The lowest BCUT2D eigenvalue weighted by Gasteiger charge is -2.31. The summed E-state index contributed by atoms with van der Waals surface area (Å²) < 4.78 is 0. The van der Waals surface area contributed by atoms with Gasteiger partial charge in [-0.3, -0.25) is 53.4 Å². The van der Waals surface area contributed by atoms with Gasteiger partial charge in [-0.1, -0.05) is 91.4 Å². The van der Waals surface area contributed by atoms with Gasteiger partial charge in [0.25, 0.3) is 11.8 Å². The first-order chi connectivity index (χ1) is 37.2. The van der Waals surface area contributed by atoms with E-state index in [-0.39, 0.29) is 86.2 Å². The van der Waals surface area contributed by atoms with Crippen LogP contribution in [0.4, 0.5) is 0 Å². The minimum atomic E-state index is -1.06. The van der Waals surface area contributed by atoms with Crippen molar-refractivity contribution in [2.45, 2.75) is 127 Å². The van der Waals surface area contributed by atoms with E-state index >= 15 is 0 Å². The fourth-order valence-corrected chi connectivity index (χ4v) is 11.3. The maximum Gasteiger partial charge on any atom is 0.268 e. The predicted octanol–water partition coefficient (Wildman–Crippen LogP) is 5.45. The fraction of sp³-hybridized carbons (Fsp3) is 0.383. The molecule has 0 radical (unpaired) electrons. The van der Waals surface area contributed by atoms with Crippen molar-refractivity contribution >= 4 is 63.8 Å². The number of unbranched alkanes of at least 4 members (excludes halogenated alkanes) is 4. The summed E-state index contributed by atoms with van der Waals surface area (Å²) in [6.07, 6.45) is 5.19. The van der Waals surface area contributed by atoms with Gasteiger partial charge in [-0.15, -0.1) is 0 Å². The summed E-state index contributed by atoms with van der Waals surface area (Å²) in [5, 5.41) is 8.93. The van der Waals surface area contributed by atoms with Crippen LogP contribution in [0.25, 0.3) is 10.9 Å². The Morgan fingerprint density at radius 1 is 0.818 bits per heavy atom. The molecule has 1 aromatic heterocycles. The molecule has 398 valence electrons. The Balaban J connectivity index is 0.860. The molecule has 17 nitrogen and oxygen atoms in total. The molecule has 3 saturated heterocycles. The molecule has 6 N–H and O–H groups in total. The van der Waals surface area contributed by atoms with Gasteiger partial charge >= 0.3 is 0 Å². The van der Waals surface area contributed by atoms with E-state index in [0.717, 1.165) is 47.9 Å². The molecule has 5 heterocycles. The van der Waals surface area contributed by atoms with E-state index in [4.69, 9.17) is 5.73 Å². The second-order valence-electron chi connectivity index (χ2n) is 20.6. The van der Waals surface area contributed by atoms with E-state index in [1.807, 2.05) is 66.7 Å². The number of rotatable bonds is 20. The SMILES string of the molecule is CC(=O)c1ccc2[nH]c(C(=O)N[C@H]3CN(CCCCCCC#Cc4cccc5c4CN(C4CCC(=O)NC4=O)C5=O)C[C@H]4CC[C@@H](C(=O)N[C@@H](CCC(N)=O)C(=O)CC(c5ccccc5)c5ccccc5)N4C3=O)cc2c1. The Bertz CT molecular complexity index is 3120. The standard InChI is InChI=1S/C60H64N8O9/c1-37(69)41-22-24-47-42(31-41)32-49(62-47)56(73)64-50-36-66(30-13-5-3-2-4-8-19-40-20-14-21-44-46(40)35-67(59(44)76)51-27-29-55(72)65-57(51)74)34-43-23-26-52(68(43)60(50)77)58(75)63-48(25-28-54(61)71)53(70)33-45(38-15-9-6-10-16-38)39-17-11-7-12-18-39/h6-7,9-12,14-18,20-22,24,31-32,43,45,48,50-52,62H,2-5,13,23,25-30,33-36H2,1H3,(H2,61,71)(H,63,75)(H,64,73)(H,65,72,74)/t43-,48+,50+,51?,52+/m1/s1. The molecule has 4 aromatic carbocycles. The van der Waals surface area contributed by atoms with Gasteiger partial charge < -0.3 is 31.2 Å². The zero-order valence-corrected chi connectivity index (χ0v) is 43.2. The van der Waals surface area contributed by atoms with Gasteiger partial charge in [0.2, 0.25) is 29.5 Å². The van der Waals surface area contributed by atoms with Crippen LogP contribution in [-0.2, 0) is 35.3 Å². The molecule has 7 amide bonds. The van der Waals surface area contributed by atoms with Crippen molar-refractivity contribution in [2.75, 3.05) is 19.6 Å². The number of Topliss-reactive ketones (excluding diaryl/α,β-unsaturated/α-hetero) is 2. The van der Waals surface area contributed by atoms with Crippen LogP contribution in [0.5, 0.6) is 0 Å². The second kappa shape index (κ2) is 24.2. The lowest BCUT2D eigenvalue weighted by Crippen LogP contribution is -2.57. The first-order valence-corrected chi connectivity index (χ1v) is 26.7. The van der Waals surface area contributed by atoms with Crippen molar-refractivity contribution in [3.05, 3.63) is 142 Å². The number of benzene rings is 4. The van der Waals surface area contributed by atoms with E-state index < -0.39 is 53.7 Å². The summed E-state index contributed by atoms with van der Waals surface area (Å²) in [6.45, 7) is 2.99. The average Bonchev–Trinajstić information content (AvgIpc) is 4.15. The molecule has 4 aliphatic rings. The zero-order valence-electron chi connectivity index (χ0n) is 43.2. The molecule has 0 spiro atoms. The Labute approximate surface area is 447 Å². The quantitative estimate of drug-likeness (QED) is 0.0286. The zero-order chi connectivity index (χ0) is 54.2. The number of carbonyl (C=O) groups is 9. The molecule has 0 bridgehead atoms. The number of piperidine rings is 1. The van der Waals surface area contributed by atoms with Gasteiger partial charge in [-0.25, -0.2) is 0 Å². The summed E-state index contributed by atoms with van der Waals surface area (Å²) in [4.78, 5) is 128. The van der Waals surface area contributed by atoms with E-state index in [9.17, 15) is 43.2 Å². The number of nitrogens with two attached hydrogens (primary N) is 1. The lowest BCUT2D eigenvalue weighted by atomic mass is 9.85. The van der Waals surface area contributed by atoms with Crippen LogP contribution in [0, 0.1) is 11.8 Å². The van der Waals surface area contributed by atoms with Gasteiger partial charge in [0.05, 0.1) is 6.04 Å². The Morgan fingerprint density at radius 3 is 2.27 bits per heavy atom. The normalized spacial score (nSPS) is 19.7. The molecule has 1 unspecified atom stereocenters. The number of ketones is 2. The summed E-state index contributed by atoms with van der Waals surface area (Å²) in [7, 11) is 0. The molecular weight excluding hydrogens is 977 g/mol. The topological polar surface area (TPSA) is 241 Å². The van der Waals surface area contributed by atoms with Crippen molar-refractivity contribution in [2.24, 2.45) is 5.73 Å². The third kappa shape index (κ3) is 12.6. The summed E-state index contributed by atoms with van der Waals surface area (Å²) in [6, 6.07) is 27.3. The third-order valence-corrected chi connectivity index (χ3v) is 15.4. The average molecular weight is 1040 g/mol. The number of H-pyrrole nitrogens is 1. The van der Waals surface area contributed by atoms with Crippen LogP contribution >= 0.6 is 0 Å². The number of hydrogen-bond donors (Lipinski definition) is 5. The summed E-state index contributed by atoms with van der Waals surface area (Å²) in [5.74, 6) is 2.69. The number of fused-ring (bicyclic) bond motifs is 3. The lowest BCUT2D eigenvalue weighted by molar-refractivity contribution is -0.141. The highest BCUT2D eigenvalue weighted by Gasteiger charge is 2.47. The largest absolute Gasteiger partial charge is 0.370 e. The van der Waals surface area contributed by atoms with Gasteiger partial charge in [0.15, 0.2) is 11.6 Å². The molecule has 5 aromatic rings. The molecule has 9 rings (SSSR count). The third-order valence-electron chi connectivity index (χ3n) is 15.4. The molecule has 0 saturated carbocycles. The number of hydrogen-bond acceptors (Lipinski definition) is 10. The van der Waals surface area contributed by atoms with Gasteiger partial charge in [0, 0.05) is 84.9 Å². The maximum absolute atomic E-state index is 14.9. The molecule has 4 aliphatic heterocycles.